The first kappa shape index (κ1) is 57.5. The molecular formula is C98H62N4. The lowest BCUT2D eigenvalue weighted by Gasteiger charge is -2.25. The van der Waals surface area contributed by atoms with E-state index in [2.05, 4.69) is 395 Å². The van der Waals surface area contributed by atoms with Gasteiger partial charge in [0.1, 0.15) is 0 Å². The van der Waals surface area contributed by atoms with Gasteiger partial charge < -0.3 is 18.6 Å². The zero-order chi connectivity index (χ0) is 66.9. The van der Waals surface area contributed by atoms with Crippen LogP contribution < -0.4 is 4.90 Å². The van der Waals surface area contributed by atoms with Gasteiger partial charge in [-0.15, -0.1) is 0 Å². The Hall–Kier alpha value is -13.5. The summed E-state index contributed by atoms with van der Waals surface area (Å²) in [6, 6.07) is 137. The monoisotopic (exact) mass is 1290 g/mol. The van der Waals surface area contributed by atoms with Crippen LogP contribution in [-0.2, 0) is 0 Å². The van der Waals surface area contributed by atoms with Crippen molar-refractivity contribution in [1.82, 2.24) is 13.7 Å². The predicted octanol–water partition coefficient (Wildman–Crippen LogP) is 26.7. The van der Waals surface area contributed by atoms with Crippen LogP contribution in [0.2, 0.25) is 0 Å². The van der Waals surface area contributed by atoms with Crippen LogP contribution in [0.25, 0.3) is 182 Å². The second-order valence-electron chi connectivity index (χ2n) is 27.0. The molecule has 0 bridgehead atoms. The summed E-state index contributed by atoms with van der Waals surface area (Å²) in [5.41, 5.74) is 31.8. The van der Waals surface area contributed by atoms with Crippen LogP contribution in [0.4, 0.5) is 17.1 Å². The van der Waals surface area contributed by atoms with Crippen LogP contribution in [-0.4, -0.2) is 13.7 Å². The van der Waals surface area contributed by atoms with E-state index in [4.69, 9.17) is 0 Å². The Balaban J connectivity index is 0.000000134. The number of hydrogen-bond acceptors (Lipinski definition) is 1. The fourth-order valence-electron chi connectivity index (χ4n) is 17.1. The maximum Gasteiger partial charge on any atom is 0.0553 e. The Kier molecular flexibility index (Phi) is 13.0. The van der Waals surface area contributed by atoms with E-state index in [1.165, 1.54) is 176 Å². The summed E-state index contributed by atoms with van der Waals surface area (Å²) in [7, 11) is 0. The lowest BCUT2D eigenvalue weighted by molar-refractivity contribution is 1.18. The molecule has 0 aliphatic heterocycles. The second-order valence-corrected chi connectivity index (χ2v) is 27.0. The summed E-state index contributed by atoms with van der Waals surface area (Å²) in [4.78, 5) is 2.30. The van der Waals surface area contributed by atoms with E-state index in [0.29, 0.717) is 0 Å². The lowest BCUT2D eigenvalue weighted by atomic mass is 9.92. The number of nitrogens with zero attached hydrogens (tertiary/aromatic N) is 4. The molecule has 0 saturated heterocycles. The molecule has 22 rings (SSSR count). The number of rotatable bonds is 9. The molecule has 0 atom stereocenters. The van der Waals surface area contributed by atoms with Crippen LogP contribution in [0.1, 0.15) is 0 Å². The van der Waals surface area contributed by atoms with E-state index < -0.39 is 0 Å². The Labute approximate surface area is 590 Å². The van der Waals surface area contributed by atoms with Crippen LogP contribution in [0.5, 0.6) is 0 Å². The summed E-state index contributed by atoms with van der Waals surface area (Å²) in [6.07, 6.45) is 0. The van der Waals surface area contributed by atoms with Crippen molar-refractivity contribution < 1.29 is 0 Å². The molecule has 102 heavy (non-hydrogen) atoms. The van der Waals surface area contributed by atoms with Gasteiger partial charge in [0, 0.05) is 66.4 Å². The summed E-state index contributed by atoms with van der Waals surface area (Å²) in [5.74, 6) is 0. The minimum atomic E-state index is 1.12. The zero-order valence-electron chi connectivity index (χ0n) is 55.6. The Morgan fingerprint density at radius 1 is 0.167 bits per heavy atom. The van der Waals surface area contributed by atoms with E-state index in [1.807, 2.05) is 0 Å². The van der Waals surface area contributed by atoms with Gasteiger partial charge >= 0.3 is 0 Å². The van der Waals surface area contributed by atoms with Gasteiger partial charge in [0.2, 0.25) is 0 Å². The molecule has 0 radical (unpaired) electrons. The third-order valence-corrected chi connectivity index (χ3v) is 21.6. The van der Waals surface area contributed by atoms with Crippen molar-refractivity contribution in [3.8, 4) is 95.0 Å². The molecule has 0 spiro atoms. The van der Waals surface area contributed by atoms with E-state index in [9.17, 15) is 0 Å². The molecule has 20 aromatic rings. The topological polar surface area (TPSA) is 18.0 Å². The molecule has 0 saturated carbocycles. The van der Waals surface area contributed by atoms with E-state index in [1.54, 1.807) is 0 Å². The van der Waals surface area contributed by atoms with E-state index >= 15 is 0 Å². The molecule has 0 N–H and O–H groups in total. The van der Waals surface area contributed by atoms with Gasteiger partial charge in [-0.05, 0) is 215 Å². The Bertz CT molecular complexity index is 6650. The van der Waals surface area contributed by atoms with Gasteiger partial charge in [-0.2, -0.15) is 0 Å². The predicted molar refractivity (Wildman–Crippen MR) is 431 cm³/mol. The van der Waals surface area contributed by atoms with Gasteiger partial charge in [0.15, 0.2) is 0 Å². The number of benzene rings is 17. The summed E-state index contributed by atoms with van der Waals surface area (Å²) in [5, 5.41) is 13.1. The van der Waals surface area contributed by atoms with Gasteiger partial charge in [-0.1, -0.05) is 261 Å². The SMILES string of the molecule is c1ccc(-c2cc3c4c5c6c(cccc6ccc5n(-c5ccc(-c6ccc(N(c7ccccc7)c7ccccc7)cc6)cc5)c4c2)-c2ccccc2-3)cc1.c1ccc2c(c1)-c1cccc3ccc4c(c13)c1c-2cccc1n4-c1ccc(-c2ccc(-n3c4ccccc4c4ccccc43)cc2)cc1. The minimum absolute atomic E-state index is 1.12. The molecule has 3 aromatic heterocycles. The molecule has 2 aliphatic rings. The molecule has 474 valence electrons. The highest BCUT2D eigenvalue weighted by atomic mass is 15.1. The third-order valence-electron chi connectivity index (χ3n) is 21.6. The minimum Gasteiger partial charge on any atom is -0.311 e. The second kappa shape index (κ2) is 23.0. The largest absolute Gasteiger partial charge is 0.311 e. The highest BCUT2D eigenvalue weighted by Gasteiger charge is 2.28. The van der Waals surface area contributed by atoms with Crippen molar-refractivity contribution in [2.24, 2.45) is 0 Å². The molecule has 17 aromatic carbocycles. The summed E-state index contributed by atoms with van der Waals surface area (Å²) >= 11 is 0. The Morgan fingerprint density at radius 2 is 0.490 bits per heavy atom. The number of aromatic nitrogens is 3. The lowest BCUT2D eigenvalue weighted by Crippen LogP contribution is -2.09. The van der Waals surface area contributed by atoms with Crippen molar-refractivity contribution in [1.29, 1.82) is 0 Å². The summed E-state index contributed by atoms with van der Waals surface area (Å²) in [6.45, 7) is 0. The van der Waals surface area contributed by atoms with Crippen LogP contribution in [0, 0.1) is 0 Å². The van der Waals surface area contributed by atoms with E-state index in [-0.39, 0.29) is 0 Å². The first-order valence-corrected chi connectivity index (χ1v) is 35.2. The van der Waals surface area contributed by atoms with Crippen molar-refractivity contribution in [3.05, 3.63) is 376 Å². The maximum absolute atomic E-state index is 2.48. The third kappa shape index (κ3) is 8.89. The van der Waals surface area contributed by atoms with Crippen LogP contribution in [0.3, 0.4) is 0 Å². The molecule has 2 aliphatic carbocycles. The number of anilines is 3. The van der Waals surface area contributed by atoms with Crippen molar-refractivity contribution in [2.45, 2.75) is 0 Å². The molecule has 4 nitrogen and oxygen atoms in total. The fraction of sp³-hybridized carbons (Fsp3) is 0. The molecule has 3 heterocycles. The first-order chi connectivity index (χ1) is 50.6. The van der Waals surface area contributed by atoms with E-state index in [0.717, 1.165) is 22.7 Å². The van der Waals surface area contributed by atoms with Gasteiger partial charge in [-0.3, -0.25) is 0 Å². The van der Waals surface area contributed by atoms with Gasteiger partial charge in [0.25, 0.3) is 0 Å². The standard InChI is InChI=1S/C52H34N2.C46H28N2/c1-4-13-35(14-5-1)39-33-47-45-21-11-10-20-44(45)46-22-12-15-38-27-32-48-52(50(38)46)51(47)49(34-39)54(48)43-30-25-37(26-31-43)36-23-28-42(29-24-36)53(40-16-6-2-7-17-40)41-18-8-3-9-19-41;1-2-11-35-34(10-1)38-14-7-9-31-23-28-43-46(44(31)38)45-39(35)15-8-18-42(45)48(43)33-26-21-30(22-27-33)29-19-24-32(25-20-29)47-40-16-5-3-12-36(40)37-13-4-6-17-41(37)47/h1-34H;1-28H. The average molecular weight is 1300 g/mol. The molecule has 0 unspecified atom stereocenters. The first-order valence-electron chi connectivity index (χ1n) is 35.2. The van der Waals surface area contributed by atoms with Crippen LogP contribution >= 0.6 is 0 Å². The summed E-state index contributed by atoms with van der Waals surface area (Å²) < 4.78 is 7.30. The zero-order valence-corrected chi connectivity index (χ0v) is 55.6. The number of fused-ring (bicyclic) bond motifs is 9. The number of hydrogen-bond donors (Lipinski definition) is 0. The normalized spacial score (nSPS) is 11.9. The maximum atomic E-state index is 2.48. The fourth-order valence-corrected chi connectivity index (χ4v) is 17.1. The average Bonchev–Trinajstić information content (AvgIpc) is 1.59. The molecule has 4 heteroatoms. The molecule has 0 amide bonds. The molecular weight excluding hydrogens is 1230 g/mol. The highest BCUT2D eigenvalue weighted by molar-refractivity contribution is 6.32. The smallest absolute Gasteiger partial charge is 0.0553 e. The highest BCUT2D eigenvalue weighted by Crippen LogP contribution is 2.53. The van der Waals surface area contributed by atoms with Crippen molar-refractivity contribution >= 4 is 104 Å². The molecule has 0 fully saturated rings. The van der Waals surface area contributed by atoms with Gasteiger partial charge in [0.05, 0.1) is 33.1 Å². The Morgan fingerprint density at radius 3 is 0.971 bits per heavy atom. The van der Waals surface area contributed by atoms with Crippen molar-refractivity contribution in [2.75, 3.05) is 4.90 Å². The van der Waals surface area contributed by atoms with Crippen LogP contribution in [0.15, 0.2) is 376 Å². The van der Waals surface area contributed by atoms with Gasteiger partial charge in [-0.25, -0.2) is 0 Å². The number of para-hydroxylation sites is 4. The quantitative estimate of drug-likeness (QED) is 0.141. The van der Waals surface area contributed by atoms with Crippen molar-refractivity contribution in [3.63, 3.8) is 0 Å².